The number of amides is 1. The molecule has 1 aromatic heterocycles. The Morgan fingerprint density at radius 3 is 3.15 bits per heavy atom. The van der Waals surface area contributed by atoms with E-state index in [0.29, 0.717) is 25.6 Å². The fraction of sp³-hybridized carbons (Fsp3) is 0.643. The van der Waals surface area contributed by atoms with Crippen molar-refractivity contribution in [2.45, 2.75) is 32.4 Å². The zero-order chi connectivity index (χ0) is 13.9. The van der Waals surface area contributed by atoms with E-state index in [9.17, 15) is 4.79 Å². The predicted octanol–water partition coefficient (Wildman–Crippen LogP) is 1.16. The van der Waals surface area contributed by atoms with Gasteiger partial charge in [-0.1, -0.05) is 6.08 Å². The number of aryl methyl sites for hydroxylation is 1. The van der Waals surface area contributed by atoms with E-state index in [1.54, 1.807) is 12.4 Å². The first kappa shape index (κ1) is 13.3. The number of rotatable bonds is 4. The number of hydrogen-bond donors (Lipinski definition) is 0. The van der Waals surface area contributed by atoms with Gasteiger partial charge in [-0.3, -0.25) is 4.79 Å². The standard InChI is InChI=1S/C14H20N4O2/c1-2-17-10-15-16-14(17)12-9-18(7-8-20-12)13(19)6-5-11-3-4-11/h5-6,10-12H,2-4,7-9H2,1H3/b6-5+. The van der Waals surface area contributed by atoms with E-state index in [1.165, 1.54) is 12.8 Å². The molecule has 1 saturated heterocycles. The fourth-order valence-corrected chi connectivity index (χ4v) is 2.38. The van der Waals surface area contributed by atoms with Gasteiger partial charge in [0.05, 0.1) is 13.2 Å². The molecular weight excluding hydrogens is 256 g/mol. The highest BCUT2D eigenvalue weighted by atomic mass is 16.5. The number of ether oxygens (including phenoxy) is 1. The Labute approximate surface area is 118 Å². The third kappa shape index (κ3) is 2.90. The molecular formula is C14H20N4O2. The molecule has 0 spiro atoms. The summed E-state index contributed by atoms with van der Waals surface area (Å²) in [5.74, 6) is 1.50. The molecule has 0 N–H and O–H groups in total. The molecule has 1 amide bonds. The Bertz CT molecular complexity index is 507. The van der Waals surface area contributed by atoms with E-state index in [1.807, 2.05) is 22.5 Å². The van der Waals surface area contributed by atoms with Crippen LogP contribution in [0.3, 0.4) is 0 Å². The largest absolute Gasteiger partial charge is 0.366 e. The molecule has 1 saturated carbocycles. The van der Waals surface area contributed by atoms with E-state index in [-0.39, 0.29) is 12.0 Å². The highest BCUT2D eigenvalue weighted by Gasteiger charge is 2.28. The van der Waals surface area contributed by atoms with Gasteiger partial charge in [0.2, 0.25) is 5.91 Å². The first-order valence-electron chi connectivity index (χ1n) is 7.24. The number of morpholine rings is 1. The normalized spacial score (nSPS) is 23.4. The third-order valence-corrected chi connectivity index (χ3v) is 3.79. The molecule has 2 heterocycles. The number of carbonyl (C=O) groups is 1. The Kier molecular flexibility index (Phi) is 3.82. The summed E-state index contributed by atoms with van der Waals surface area (Å²) < 4.78 is 7.70. The Balaban J connectivity index is 1.65. The molecule has 20 heavy (non-hydrogen) atoms. The minimum Gasteiger partial charge on any atom is -0.366 e. The lowest BCUT2D eigenvalue weighted by Gasteiger charge is -2.31. The van der Waals surface area contributed by atoms with Gasteiger partial charge < -0.3 is 14.2 Å². The SMILES string of the molecule is CCn1cnnc1C1CN(C(=O)/C=C/C2CC2)CCO1. The smallest absolute Gasteiger partial charge is 0.246 e. The van der Waals surface area contributed by atoms with E-state index in [4.69, 9.17) is 4.74 Å². The molecule has 6 nitrogen and oxygen atoms in total. The molecule has 1 unspecified atom stereocenters. The number of allylic oxidation sites excluding steroid dienone is 1. The van der Waals surface area contributed by atoms with E-state index >= 15 is 0 Å². The van der Waals surface area contributed by atoms with Crippen LogP contribution in [-0.4, -0.2) is 45.3 Å². The number of nitrogens with zero attached hydrogens (tertiary/aromatic N) is 4. The van der Waals surface area contributed by atoms with Crippen molar-refractivity contribution in [3.05, 3.63) is 24.3 Å². The summed E-state index contributed by atoms with van der Waals surface area (Å²) in [7, 11) is 0. The summed E-state index contributed by atoms with van der Waals surface area (Å²) in [5.41, 5.74) is 0. The van der Waals surface area contributed by atoms with Gasteiger partial charge in [-0.05, 0) is 31.8 Å². The lowest BCUT2D eigenvalue weighted by atomic mass is 10.2. The Morgan fingerprint density at radius 1 is 1.55 bits per heavy atom. The maximum atomic E-state index is 12.1. The second-order valence-corrected chi connectivity index (χ2v) is 5.32. The highest BCUT2D eigenvalue weighted by molar-refractivity contribution is 5.87. The van der Waals surface area contributed by atoms with Crippen LogP contribution in [0.4, 0.5) is 0 Å². The molecule has 108 valence electrons. The third-order valence-electron chi connectivity index (χ3n) is 3.79. The summed E-state index contributed by atoms with van der Waals surface area (Å²) in [6.07, 6.45) is 7.70. The van der Waals surface area contributed by atoms with Crippen LogP contribution < -0.4 is 0 Å². The van der Waals surface area contributed by atoms with Crippen molar-refractivity contribution in [1.29, 1.82) is 0 Å². The minimum absolute atomic E-state index is 0.0766. The van der Waals surface area contributed by atoms with Crippen LogP contribution in [0.25, 0.3) is 0 Å². The number of hydrogen-bond acceptors (Lipinski definition) is 4. The molecule has 1 atom stereocenters. The Morgan fingerprint density at radius 2 is 2.40 bits per heavy atom. The Hall–Kier alpha value is -1.69. The highest BCUT2D eigenvalue weighted by Crippen LogP contribution is 2.30. The average Bonchev–Trinajstić information content (AvgIpc) is 3.19. The van der Waals surface area contributed by atoms with Crippen molar-refractivity contribution in [3.8, 4) is 0 Å². The van der Waals surface area contributed by atoms with Gasteiger partial charge >= 0.3 is 0 Å². The summed E-state index contributed by atoms with van der Waals surface area (Å²) in [6, 6.07) is 0. The molecule has 1 aromatic rings. The predicted molar refractivity (Wildman–Crippen MR) is 72.8 cm³/mol. The van der Waals surface area contributed by atoms with Crippen molar-refractivity contribution in [1.82, 2.24) is 19.7 Å². The van der Waals surface area contributed by atoms with Crippen LogP contribution in [0.2, 0.25) is 0 Å². The molecule has 0 aromatic carbocycles. The van der Waals surface area contributed by atoms with Crippen molar-refractivity contribution in [2.75, 3.05) is 19.7 Å². The van der Waals surface area contributed by atoms with Crippen LogP contribution in [-0.2, 0) is 16.1 Å². The van der Waals surface area contributed by atoms with Gasteiger partial charge in [0, 0.05) is 13.1 Å². The van der Waals surface area contributed by atoms with Crippen LogP contribution in [0.15, 0.2) is 18.5 Å². The van der Waals surface area contributed by atoms with Crippen LogP contribution in [0.5, 0.6) is 0 Å². The minimum atomic E-state index is -0.176. The molecule has 1 aliphatic heterocycles. The quantitative estimate of drug-likeness (QED) is 0.774. The van der Waals surface area contributed by atoms with E-state index < -0.39 is 0 Å². The topological polar surface area (TPSA) is 60.2 Å². The van der Waals surface area contributed by atoms with Crippen LogP contribution in [0, 0.1) is 5.92 Å². The van der Waals surface area contributed by atoms with Crippen LogP contribution in [0.1, 0.15) is 31.7 Å². The summed E-state index contributed by atoms with van der Waals surface area (Å²) >= 11 is 0. The first-order valence-corrected chi connectivity index (χ1v) is 7.24. The van der Waals surface area contributed by atoms with Crippen molar-refractivity contribution in [3.63, 3.8) is 0 Å². The maximum absolute atomic E-state index is 12.1. The van der Waals surface area contributed by atoms with Gasteiger partial charge in [-0.2, -0.15) is 0 Å². The van der Waals surface area contributed by atoms with Gasteiger partial charge in [0.15, 0.2) is 5.82 Å². The zero-order valence-corrected chi connectivity index (χ0v) is 11.7. The molecule has 0 bridgehead atoms. The molecule has 2 aliphatic rings. The summed E-state index contributed by atoms with van der Waals surface area (Å²) in [4.78, 5) is 14.0. The van der Waals surface area contributed by atoms with Crippen LogP contribution >= 0.6 is 0 Å². The fourth-order valence-electron chi connectivity index (χ4n) is 2.38. The van der Waals surface area contributed by atoms with E-state index in [2.05, 4.69) is 10.2 Å². The van der Waals surface area contributed by atoms with Crippen molar-refractivity contribution < 1.29 is 9.53 Å². The molecule has 3 rings (SSSR count). The molecule has 6 heteroatoms. The number of aromatic nitrogens is 3. The second kappa shape index (κ2) is 5.75. The zero-order valence-electron chi connectivity index (χ0n) is 11.7. The molecule has 0 radical (unpaired) electrons. The molecule has 1 aliphatic carbocycles. The molecule has 2 fully saturated rings. The maximum Gasteiger partial charge on any atom is 0.246 e. The summed E-state index contributed by atoms with van der Waals surface area (Å²) in [6.45, 7) is 4.58. The van der Waals surface area contributed by atoms with E-state index in [0.717, 1.165) is 12.4 Å². The average molecular weight is 276 g/mol. The lowest BCUT2D eigenvalue weighted by molar-refractivity contribution is -0.134. The summed E-state index contributed by atoms with van der Waals surface area (Å²) in [5, 5.41) is 8.04. The number of carbonyl (C=O) groups excluding carboxylic acids is 1. The lowest BCUT2D eigenvalue weighted by Crippen LogP contribution is -2.42. The van der Waals surface area contributed by atoms with Gasteiger partial charge in [0.1, 0.15) is 12.4 Å². The van der Waals surface area contributed by atoms with Crippen molar-refractivity contribution in [2.24, 2.45) is 5.92 Å². The second-order valence-electron chi connectivity index (χ2n) is 5.32. The van der Waals surface area contributed by atoms with Gasteiger partial charge in [0.25, 0.3) is 0 Å². The first-order chi connectivity index (χ1) is 9.78. The van der Waals surface area contributed by atoms with Gasteiger partial charge in [-0.25, -0.2) is 0 Å². The van der Waals surface area contributed by atoms with Crippen molar-refractivity contribution >= 4 is 5.91 Å². The van der Waals surface area contributed by atoms with Gasteiger partial charge in [-0.15, -0.1) is 10.2 Å². The monoisotopic (exact) mass is 276 g/mol.